The van der Waals surface area contributed by atoms with E-state index in [0.717, 1.165) is 25.6 Å². The molecule has 0 radical (unpaired) electrons. The van der Waals surface area contributed by atoms with Crippen LogP contribution in [0.2, 0.25) is 0 Å². The van der Waals surface area contributed by atoms with Crippen LogP contribution in [0.5, 0.6) is 0 Å². The maximum absolute atomic E-state index is 11.6. The second-order valence-electron chi connectivity index (χ2n) is 4.78. The van der Waals surface area contributed by atoms with E-state index in [1.54, 1.807) is 7.11 Å². The Bertz CT molecular complexity index is 256. The molecule has 1 aliphatic carbocycles. The van der Waals surface area contributed by atoms with Crippen LogP contribution in [0.25, 0.3) is 0 Å². The lowest BCUT2D eigenvalue weighted by atomic mass is 10.2. The van der Waals surface area contributed by atoms with Gasteiger partial charge in [0.2, 0.25) is 5.91 Å². The van der Waals surface area contributed by atoms with Crippen LogP contribution >= 0.6 is 0 Å². The number of carbonyl (C=O) groups is 1. The van der Waals surface area contributed by atoms with Crippen LogP contribution in [0.3, 0.4) is 0 Å². The first-order chi connectivity index (χ1) is 7.70. The van der Waals surface area contributed by atoms with Crippen LogP contribution in [0.1, 0.15) is 19.3 Å². The molecule has 1 saturated heterocycles. The van der Waals surface area contributed by atoms with Crippen molar-refractivity contribution in [3.05, 3.63) is 0 Å². The summed E-state index contributed by atoms with van der Waals surface area (Å²) in [7, 11) is 1.55. The van der Waals surface area contributed by atoms with Gasteiger partial charge in [-0.2, -0.15) is 0 Å². The Kier molecular flexibility index (Phi) is 3.78. The van der Waals surface area contributed by atoms with Gasteiger partial charge in [0.05, 0.1) is 6.61 Å². The minimum absolute atomic E-state index is 0.0931. The first-order valence-electron chi connectivity index (χ1n) is 5.99. The third kappa shape index (κ3) is 2.93. The molecule has 0 aromatic heterocycles. The van der Waals surface area contributed by atoms with E-state index in [1.807, 2.05) is 0 Å². The number of likely N-dealkylation sites (tertiary alicyclic amines) is 1. The predicted molar refractivity (Wildman–Crippen MR) is 61.0 cm³/mol. The molecule has 1 heterocycles. The van der Waals surface area contributed by atoms with Crippen LogP contribution in [0.15, 0.2) is 0 Å². The number of carbonyl (C=O) groups excluding carboxylic acids is 1. The van der Waals surface area contributed by atoms with Crippen LogP contribution < -0.4 is 11.1 Å². The molecular formula is C11H21N3O2. The highest BCUT2D eigenvalue weighted by Gasteiger charge is 2.35. The summed E-state index contributed by atoms with van der Waals surface area (Å²) in [6.45, 7) is 2.37. The molecule has 2 fully saturated rings. The van der Waals surface area contributed by atoms with Crippen molar-refractivity contribution in [1.29, 1.82) is 0 Å². The van der Waals surface area contributed by atoms with E-state index < -0.39 is 6.04 Å². The van der Waals surface area contributed by atoms with Crippen molar-refractivity contribution in [1.82, 2.24) is 10.2 Å². The smallest absolute Gasteiger partial charge is 0.239 e. The zero-order valence-corrected chi connectivity index (χ0v) is 9.82. The molecule has 2 rings (SSSR count). The van der Waals surface area contributed by atoms with Crippen molar-refractivity contribution in [2.75, 3.05) is 26.8 Å². The summed E-state index contributed by atoms with van der Waals surface area (Å²) in [5.41, 5.74) is 5.66. The van der Waals surface area contributed by atoms with E-state index in [4.69, 9.17) is 10.5 Å². The van der Waals surface area contributed by atoms with Gasteiger partial charge in [-0.3, -0.25) is 9.69 Å². The molecule has 1 amide bonds. The zero-order valence-electron chi connectivity index (χ0n) is 9.82. The molecule has 2 aliphatic rings. The fourth-order valence-corrected chi connectivity index (χ4v) is 2.24. The number of amides is 1. The highest BCUT2D eigenvalue weighted by Crippen LogP contribution is 2.29. The standard InChI is InChI=1S/C11H21N3O2/c1-16-7-10(12)11(15)13-8-4-5-14(6-8)9-2-3-9/h8-10H,2-7,12H2,1H3,(H,13,15). The molecular weight excluding hydrogens is 206 g/mol. The number of nitrogens with two attached hydrogens (primary N) is 1. The maximum Gasteiger partial charge on any atom is 0.239 e. The summed E-state index contributed by atoms with van der Waals surface area (Å²) in [5, 5.41) is 2.99. The van der Waals surface area contributed by atoms with E-state index in [2.05, 4.69) is 10.2 Å². The first kappa shape index (κ1) is 11.8. The monoisotopic (exact) mass is 227 g/mol. The summed E-state index contributed by atoms with van der Waals surface area (Å²) < 4.78 is 4.86. The fourth-order valence-electron chi connectivity index (χ4n) is 2.24. The second kappa shape index (κ2) is 5.12. The number of rotatable bonds is 5. The average molecular weight is 227 g/mol. The average Bonchev–Trinajstić information content (AvgIpc) is 3.01. The van der Waals surface area contributed by atoms with Crippen molar-refractivity contribution in [2.24, 2.45) is 5.73 Å². The van der Waals surface area contributed by atoms with Crippen molar-refractivity contribution in [3.63, 3.8) is 0 Å². The topological polar surface area (TPSA) is 67.6 Å². The van der Waals surface area contributed by atoms with Crippen LogP contribution in [0, 0.1) is 0 Å². The largest absolute Gasteiger partial charge is 0.383 e. The zero-order chi connectivity index (χ0) is 11.5. The Hall–Kier alpha value is -0.650. The third-order valence-corrected chi connectivity index (χ3v) is 3.31. The Labute approximate surface area is 96.3 Å². The second-order valence-corrected chi connectivity index (χ2v) is 4.78. The van der Waals surface area contributed by atoms with Gasteiger partial charge in [0.25, 0.3) is 0 Å². The number of methoxy groups -OCH3 is 1. The van der Waals surface area contributed by atoms with Gasteiger partial charge in [0.1, 0.15) is 6.04 Å². The van der Waals surface area contributed by atoms with E-state index >= 15 is 0 Å². The van der Waals surface area contributed by atoms with Crippen LogP contribution in [-0.4, -0.2) is 55.7 Å². The van der Waals surface area contributed by atoms with E-state index in [0.29, 0.717) is 0 Å². The maximum atomic E-state index is 11.6. The fraction of sp³-hybridized carbons (Fsp3) is 0.909. The van der Waals surface area contributed by atoms with Crippen molar-refractivity contribution in [3.8, 4) is 0 Å². The molecule has 0 aromatic carbocycles. The molecule has 2 unspecified atom stereocenters. The number of ether oxygens (including phenoxy) is 1. The van der Waals surface area contributed by atoms with E-state index in [1.165, 1.54) is 12.8 Å². The third-order valence-electron chi connectivity index (χ3n) is 3.31. The highest BCUT2D eigenvalue weighted by atomic mass is 16.5. The van der Waals surface area contributed by atoms with Gasteiger partial charge < -0.3 is 15.8 Å². The molecule has 3 N–H and O–H groups in total. The Morgan fingerprint density at radius 2 is 2.31 bits per heavy atom. The molecule has 92 valence electrons. The summed E-state index contributed by atoms with van der Waals surface area (Å²) in [6.07, 6.45) is 3.69. The lowest BCUT2D eigenvalue weighted by Gasteiger charge is -2.17. The molecule has 5 heteroatoms. The Morgan fingerprint density at radius 3 is 2.94 bits per heavy atom. The summed E-state index contributed by atoms with van der Waals surface area (Å²) in [5.74, 6) is -0.0931. The summed E-state index contributed by atoms with van der Waals surface area (Å²) >= 11 is 0. The van der Waals surface area contributed by atoms with Gasteiger partial charge in [-0.05, 0) is 19.3 Å². The first-order valence-corrected chi connectivity index (χ1v) is 5.99. The van der Waals surface area contributed by atoms with Crippen LogP contribution in [-0.2, 0) is 9.53 Å². The molecule has 0 aromatic rings. The SMILES string of the molecule is COCC(N)C(=O)NC1CCN(C2CC2)C1. The Morgan fingerprint density at radius 1 is 1.56 bits per heavy atom. The normalized spacial score (nSPS) is 28.0. The van der Waals surface area contributed by atoms with Gasteiger partial charge in [-0.1, -0.05) is 0 Å². The molecule has 5 nitrogen and oxygen atoms in total. The predicted octanol–water partition coefficient (Wildman–Crippen LogP) is -0.687. The molecule has 1 aliphatic heterocycles. The van der Waals surface area contributed by atoms with Crippen LogP contribution in [0.4, 0.5) is 0 Å². The molecule has 16 heavy (non-hydrogen) atoms. The number of nitrogens with one attached hydrogen (secondary N) is 1. The van der Waals surface area contributed by atoms with Gasteiger partial charge in [-0.15, -0.1) is 0 Å². The van der Waals surface area contributed by atoms with E-state index in [9.17, 15) is 4.79 Å². The van der Waals surface area contributed by atoms with Gasteiger partial charge in [0, 0.05) is 32.3 Å². The van der Waals surface area contributed by atoms with Gasteiger partial charge in [0.15, 0.2) is 0 Å². The van der Waals surface area contributed by atoms with Gasteiger partial charge >= 0.3 is 0 Å². The molecule has 0 spiro atoms. The van der Waals surface area contributed by atoms with Crippen molar-refractivity contribution < 1.29 is 9.53 Å². The van der Waals surface area contributed by atoms with E-state index in [-0.39, 0.29) is 18.6 Å². The van der Waals surface area contributed by atoms with Crippen molar-refractivity contribution >= 4 is 5.91 Å². The quantitative estimate of drug-likeness (QED) is 0.652. The lowest BCUT2D eigenvalue weighted by molar-refractivity contribution is -0.124. The minimum atomic E-state index is -0.542. The lowest BCUT2D eigenvalue weighted by Crippen LogP contribution is -2.48. The number of nitrogens with zero attached hydrogens (tertiary/aromatic N) is 1. The minimum Gasteiger partial charge on any atom is -0.383 e. The summed E-state index contributed by atoms with van der Waals surface area (Å²) in [6, 6.07) is 0.519. The molecule has 0 bridgehead atoms. The number of hydrogen-bond acceptors (Lipinski definition) is 4. The van der Waals surface area contributed by atoms with Gasteiger partial charge in [-0.25, -0.2) is 0 Å². The molecule has 1 saturated carbocycles. The number of hydrogen-bond donors (Lipinski definition) is 2. The highest BCUT2D eigenvalue weighted by molar-refractivity contribution is 5.81. The molecule has 2 atom stereocenters. The van der Waals surface area contributed by atoms with Crippen molar-refractivity contribution in [2.45, 2.75) is 37.4 Å². The summed E-state index contributed by atoms with van der Waals surface area (Å²) in [4.78, 5) is 14.1. The Balaban J connectivity index is 1.71.